The predicted molar refractivity (Wildman–Crippen MR) is 122 cm³/mol. The van der Waals surface area contributed by atoms with Gasteiger partial charge in [-0.1, -0.05) is 32.4 Å². The molecule has 0 spiro atoms. The number of methoxy groups -OCH3 is 1. The molecule has 0 saturated carbocycles. The van der Waals surface area contributed by atoms with Crippen LogP contribution in [0.1, 0.15) is 55.6 Å². The Morgan fingerprint density at radius 3 is 2.56 bits per heavy atom. The molecule has 1 aromatic carbocycles. The van der Waals surface area contributed by atoms with Gasteiger partial charge in [0.05, 0.1) is 23.4 Å². The van der Waals surface area contributed by atoms with Crippen molar-refractivity contribution in [3.8, 4) is 17.0 Å². The number of nitrogens with zero attached hydrogens (tertiary/aromatic N) is 1. The molecule has 32 heavy (non-hydrogen) atoms. The van der Waals surface area contributed by atoms with Crippen LogP contribution in [0, 0.1) is 5.41 Å². The molecular formula is C24H28ClNO6. The van der Waals surface area contributed by atoms with Crippen LogP contribution in [0.4, 0.5) is 0 Å². The monoisotopic (exact) mass is 461 g/mol. The van der Waals surface area contributed by atoms with Gasteiger partial charge in [-0.2, -0.15) is 0 Å². The van der Waals surface area contributed by atoms with Crippen LogP contribution in [0.15, 0.2) is 29.2 Å². The summed E-state index contributed by atoms with van der Waals surface area (Å²) in [4.78, 5) is 37.2. The number of hydrogen-bond donors (Lipinski definition) is 1. The van der Waals surface area contributed by atoms with Gasteiger partial charge in [0.1, 0.15) is 11.3 Å². The minimum atomic E-state index is -1.32. The first-order valence-electron chi connectivity index (χ1n) is 10.5. The summed E-state index contributed by atoms with van der Waals surface area (Å²) in [6, 6.07) is 4.16. The molecule has 1 aliphatic heterocycles. The van der Waals surface area contributed by atoms with E-state index in [0.29, 0.717) is 54.5 Å². The Morgan fingerprint density at radius 2 is 1.94 bits per heavy atom. The number of ketones is 1. The van der Waals surface area contributed by atoms with Crippen molar-refractivity contribution in [3.05, 3.63) is 50.8 Å². The number of carboxylic acids is 1. The number of fused-ring (bicyclic) bond motifs is 3. The van der Waals surface area contributed by atoms with Gasteiger partial charge in [0.2, 0.25) is 0 Å². The minimum Gasteiger partial charge on any atom is -0.492 e. The van der Waals surface area contributed by atoms with Crippen molar-refractivity contribution in [1.29, 1.82) is 0 Å². The Kier molecular flexibility index (Phi) is 7.10. The molecule has 0 radical (unpaired) electrons. The lowest BCUT2D eigenvalue weighted by Gasteiger charge is -2.32. The summed E-state index contributed by atoms with van der Waals surface area (Å²) >= 11 is 6.44. The number of carbonyl (C=O) groups is 2. The summed E-state index contributed by atoms with van der Waals surface area (Å²) < 4.78 is 12.4. The number of aromatic carboxylic acids is 1. The van der Waals surface area contributed by atoms with E-state index >= 15 is 0 Å². The van der Waals surface area contributed by atoms with Gasteiger partial charge in [0.25, 0.3) is 0 Å². The molecule has 0 saturated heterocycles. The van der Waals surface area contributed by atoms with E-state index in [9.17, 15) is 19.5 Å². The van der Waals surface area contributed by atoms with Crippen LogP contribution in [0.3, 0.4) is 0 Å². The Hall–Kier alpha value is -2.64. The number of rotatable bonds is 8. The maximum absolute atomic E-state index is 13.2. The van der Waals surface area contributed by atoms with Crippen LogP contribution in [-0.2, 0) is 16.0 Å². The summed E-state index contributed by atoms with van der Waals surface area (Å²) in [5.41, 5.74) is 0.770. The number of hydrogen-bond acceptors (Lipinski definition) is 5. The molecule has 1 unspecified atom stereocenters. The zero-order chi connectivity index (χ0) is 23.6. The van der Waals surface area contributed by atoms with E-state index in [4.69, 9.17) is 21.1 Å². The molecule has 7 nitrogen and oxygen atoms in total. The number of pyridine rings is 1. The topological polar surface area (TPSA) is 94.8 Å². The lowest BCUT2D eigenvalue weighted by atomic mass is 9.83. The summed E-state index contributed by atoms with van der Waals surface area (Å²) in [5.74, 6) is -0.848. The van der Waals surface area contributed by atoms with Crippen LogP contribution in [0.25, 0.3) is 11.3 Å². The summed E-state index contributed by atoms with van der Waals surface area (Å²) in [6.07, 6.45) is 2.64. The van der Waals surface area contributed by atoms with Crippen LogP contribution in [-0.4, -0.2) is 41.7 Å². The van der Waals surface area contributed by atoms with E-state index in [1.54, 1.807) is 23.8 Å². The van der Waals surface area contributed by atoms with Crippen molar-refractivity contribution in [2.24, 2.45) is 5.41 Å². The van der Waals surface area contributed by atoms with E-state index in [-0.39, 0.29) is 16.8 Å². The van der Waals surface area contributed by atoms with Crippen LogP contribution in [0.5, 0.6) is 5.75 Å². The van der Waals surface area contributed by atoms with Gasteiger partial charge in [0, 0.05) is 50.8 Å². The van der Waals surface area contributed by atoms with Crippen molar-refractivity contribution in [2.45, 2.75) is 46.1 Å². The Labute approximate surface area is 191 Å². The van der Waals surface area contributed by atoms with Crippen LogP contribution >= 0.6 is 11.6 Å². The third kappa shape index (κ3) is 5.22. The van der Waals surface area contributed by atoms with E-state index in [1.165, 1.54) is 12.3 Å². The van der Waals surface area contributed by atoms with E-state index in [1.807, 2.05) is 20.8 Å². The van der Waals surface area contributed by atoms with E-state index in [0.717, 1.165) is 5.56 Å². The van der Waals surface area contributed by atoms with Gasteiger partial charge in [-0.05, 0) is 23.1 Å². The molecule has 0 aliphatic carbocycles. The largest absolute Gasteiger partial charge is 0.492 e. The third-order valence-electron chi connectivity index (χ3n) is 5.32. The highest BCUT2D eigenvalue weighted by Gasteiger charge is 2.33. The van der Waals surface area contributed by atoms with Gasteiger partial charge >= 0.3 is 5.97 Å². The lowest BCUT2D eigenvalue weighted by Crippen LogP contribution is -2.31. The zero-order valence-corrected chi connectivity index (χ0v) is 19.5. The Morgan fingerprint density at radius 1 is 1.22 bits per heavy atom. The summed E-state index contributed by atoms with van der Waals surface area (Å²) in [6.45, 7) is 6.91. The number of benzene rings is 1. The standard InChI is InChI=1S/C24H28ClNO6/c1-24(2,3)12-21(28)19-8-14-9-22(32-7-5-6-31-4)17(25)10-15(14)18-11-20(27)16(23(29)30)13-26(18)19/h9-11,13,19H,5-8,12H2,1-4H3,(H,29,30). The molecule has 0 fully saturated rings. The second-order valence-corrected chi connectivity index (χ2v) is 9.61. The lowest BCUT2D eigenvalue weighted by molar-refractivity contribution is -0.124. The normalized spacial score (nSPS) is 15.1. The van der Waals surface area contributed by atoms with E-state index in [2.05, 4.69) is 0 Å². The van der Waals surface area contributed by atoms with Crippen molar-refractivity contribution in [3.63, 3.8) is 0 Å². The fourth-order valence-corrected chi connectivity index (χ4v) is 4.12. The highest BCUT2D eigenvalue weighted by molar-refractivity contribution is 6.32. The molecule has 172 valence electrons. The number of carbonyl (C=O) groups excluding carboxylic acids is 1. The number of carboxylic acid groups (broad SMARTS) is 1. The highest BCUT2D eigenvalue weighted by atomic mass is 35.5. The van der Waals surface area contributed by atoms with Crippen molar-refractivity contribution >= 4 is 23.4 Å². The fraction of sp³-hybridized carbons (Fsp3) is 0.458. The van der Waals surface area contributed by atoms with Crippen molar-refractivity contribution in [1.82, 2.24) is 4.57 Å². The molecule has 2 heterocycles. The number of Topliss-reactive ketones (excluding diaryl/α,β-unsaturated/α-hetero) is 1. The van der Waals surface area contributed by atoms with Gasteiger partial charge in [0.15, 0.2) is 11.2 Å². The van der Waals surface area contributed by atoms with Gasteiger partial charge in [-0.25, -0.2) is 4.79 Å². The fourth-order valence-electron chi connectivity index (χ4n) is 3.90. The molecule has 0 amide bonds. The second kappa shape index (κ2) is 9.46. The van der Waals surface area contributed by atoms with Gasteiger partial charge in [-0.15, -0.1) is 0 Å². The first-order valence-corrected chi connectivity index (χ1v) is 10.9. The van der Waals surface area contributed by atoms with Gasteiger partial charge < -0.3 is 19.1 Å². The number of halogens is 1. The van der Waals surface area contributed by atoms with Crippen molar-refractivity contribution < 1.29 is 24.2 Å². The first-order chi connectivity index (χ1) is 15.0. The summed E-state index contributed by atoms with van der Waals surface area (Å²) in [5, 5.41) is 9.81. The Balaban J connectivity index is 2.09. The van der Waals surface area contributed by atoms with Crippen LogP contribution in [0.2, 0.25) is 5.02 Å². The summed E-state index contributed by atoms with van der Waals surface area (Å²) in [7, 11) is 1.62. The molecule has 2 aromatic rings. The molecule has 3 rings (SSSR count). The molecule has 8 heteroatoms. The van der Waals surface area contributed by atoms with Crippen LogP contribution < -0.4 is 10.2 Å². The zero-order valence-electron chi connectivity index (χ0n) is 18.7. The average molecular weight is 462 g/mol. The maximum Gasteiger partial charge on any atom is 0.341 e. The highest BCUT2D eigenvalue weighted by Crippen LogP contribution is 2.41. The molecular weight excluding hydrogens is 434 g/mol. The first kappa shape index (κ1) is 24.0. The maximum atomic E-state index is 13.2. The quantitative estimate of drug-likeness (QED) is 0.586. The molecule has 1 N–H and O–H groups in total. The van der Waals surface area contributed by atoms with E-state index < -0.39 is 17.4 Å². The average Bonchev–Trinajstić information content (AvgIpc) is 2.69. The van der Waals surface area contributed by atoms with Crippen molar-refractivity contribution in [2.75, 3.05) is 20.3 Å². The second-order valence-electron chi connectivity index (χ2n) is 9.21. The Bertz CT molecular complexity index is 1100. The number of aromatic nitrogens is 1. The molecule has 0 bridgehead atoms. The SMILES string of the molecule is COCCCOc1cc2c(cc1Cl)-c1cc(=O)c(C(=O)O)cn1C(C(=O)CC(C)(C)C)C2. The smallest absolute Gasteiger partial charge is 0.341 e. The molecule has 1 aliphatic rings. The molecule has 1 atom stereocenters. The predicted octanol–water partition coefficient (Wildman–Crippen LogP) is 4.38. The number of ether oxygens (including phenoxy) is 2. The minimum absolute atomic E-state index is 0.0260. The third-order valence-corrected chi connectivity index (χ3v) is 5.61. The molecule has 1 aromatic heterocycles. The van der Waals surface area contributed by atoms with Gasteiger partial charge in [-0.3, -0.25) is 9.59 Å².